The molecule has 0 aliphatic heterocycles. The van der Waals surface area contributed by atoms with Gasteiger partial charge >= 0.3 is 12.4 Å². The van der Waals surface area contributed by atoms with Crippen LogP contribution in [0.15, 0.2) is 35.2 Å². The van der Waals surface area contributed by atoms with E-state index in [4.69, 9.17) is 0 Å². The molecule has 0 amide bonds. The number of benzene rings is 1. The van der Waals surface area contributed by atoms with Gasteiger partial charge < -0.3 is 9.47 Å². The lowest BCUT2D eigenvalue weighted by Gasteiger charge is -2.36. The second-order valence-corrected chi connectivity index (χ2v) is 7.22. The summed E-state index contributed by atoms with van der Waals surface area (Å²) < 4.78 is 111. The summed E-state index contributed by atoms with van der Waals surface area (Å²) in [6.07, 6.45) is -14.1. The maximum Gasteiger partial charge on any atom is 0.426 e. The van der Waals surface area contributed by atoms with Crippen LogP contribution in [0.25, 0.3) is 0 Å². The van der Waals surface area contributed by atoms with Crippen molar-refractivity contribution in [3.63, 3.8) is 0 Å². The van der Waals surface area contributed by atoms with Crippen LogP contribution in [-0.4, -0.2) is 46.0 Å². The maximum absolute atomic E-state index is 13.1. The predicted octanol–water partition coefficient (Wildman–Crippen LogP) is 3.72. The first-order chi connectivity index (χ1) is 11.4. The Balaban J connectivity index is 3.00. The summed E-state index contributed by atoms with van der Waals surface area (Å²) in [6.45, 7) is -1.25. The lowest BCUT2D eigenvalue weighted by atomic mass is 9.96. The van der Waals surface area contributed by atoms with Gasteiger partial charge in [-0.05, 0) is 25.0 Å². The first-order valence-corrected chi connectivity index (χ1v) is 8.57. The fourth-order valence-corrected chi connectivity index (χ4v) is 3.43. The SMILES string of the molecule is COCOC(CCCS(=O)(=O)c1ccccc1)(C(F)(F)F)C(F)(F)F. The summed E-state index contributed by atoms with van der Waals surface area (Å²) in [7, 11) is -3.14. The van der Waals surface area contributed by atoms with E-state index in [0.29, 0.717) is 0 Å². The normalized spacial score (nSPS) is 13.9. The minimum atomic E-state index is -5.79. The Kier molecular flexibility index (Phi) is 6.88. The zero-order valence-corrected chi connectivity index (χ0v) is 13.8. The Hall–Kier alpha value is -1.33. The maximum atomic E-state index is 13.1. The van der Waals surface area contributed by atoms with Crippen molar-refractivity contribution in [2.24, 2.45) is 0 Å². The molecule has 1 rings (SSSR count). The van der Waals surface area contributed by atoms with Gasteiger partial charge in [0.15, 0.2) is 9.84 Å². The molecule has 11 heteroatoms. The van der Waals surface area contributed by atoms with Crippen LogP contribution in [0.3, 0.4) is 0 Å². The summed E-state index contributed by atoms with van der Waals surface area (Å²) in [5.74, 6) is -0.888. The highest BCUT2D eigenvalue weighted by Gasteiger charge is 2.71. The standard InChI is InChI=1S/C14H16F6O4S/c1-23-10-24-12(13(15,16)17,14(18,19)20)8-5-9-25(21,22)11-6-3-2-4-7-11/h2-4,6-7H,5,8-10H2,1H3. The molecule has 0 heterocycles. The van der Waals surface area contributed by atoms with Gasteiger partial charge in [-0.3, -0.25) is 0 Å². The van der Waals surface area contributed by atoms with Gasteiger partial charge in [-0.25, -0.2) is 8.42 Å². The Labute approximate surface area is 140 Å². The number of rotatable bonds is 8. The Morgan fingerprint density at radius 3 is 1.92 bits per heavy atom. The van der Waals surface area contributed by atoms with E-state index in [1.165, 1.54) is 30.3 Å². The van der Waals surface area contributed by atoms with E-state index in [1.807, 2.05) is 0 Å². The molecule has 0 atom stereocenters. The molecular weight excluding hydrogens is 378 g/mol. The summed E-state index contributed by atoms with van der Waals surface area (Å²) in [5, 5.41) is 0. The number of ether oxygens (including phenoxy) is 2. The smallest absolute Gasteiger partial charge is 0.359 e. The second kappa shape index (κ2) is 7.92. The zero-order chi connectivity index (χ0) is 19.4. The van der Waals surface area contributed by atoms with Gasteiger partial charge in [-0.15, -0.1) is 0 Å². The van der Waals surface area contributed by atoms with E-state index in [9.17, 15) is 34.8 Å². The third-order valence-electron chi connectivity index (χ3n) is 3.38. The average molecular weight is 394 g/mol. The average Bonchev–Trinajstić information content (AvgIpc) is 2.49. The van der Waals surface area contributed by atoms with Crippen LogP contribution in [0, 0.1) is 0 Å². The summed E-state index contributed by atoms with van der Waals surface area (Å²) in [6, 6.07) is 6.72. The zero-order valence-electron chi connectivity index (χ0n) is 13.0. The van der Waals surface area contributed by atoms with Crippen molar-refractivity contribution in [1.29, 1.82) is 0 Å². The van der Waals surface area contributed by atoms with Gasteiger partial charge in [0, 0.05) is 7.11 Å². The Morgan fingerprint density at radius 1 is 0.960 bits per heavy atom. The molecular formula is C14H16F6O4S. The molecule has 4 nitrogen and oxygen atoms in total. The van der Waals surface area contributed by atoms with E-state index >= 15 is 0 Å². The Bertz CT molecular complexity index is 626. The fraction of sp³-hybridized carbons (Fsp3) is 0.571. The fourth-order valence-electron chi connectivity index (χ4n) is 2.10. The van der Waals surface area contributed by atoms with Crippen molar-refractivity contribution >= 4 is 9.84 Å². The van der Waals surface area contributed by atoms with Crippen molar-refractivity contribution in [2.75, 3.05) is 19.7 Å². The summed E-state index contributed by atoms with van der Waals surface area (Å²) in [4.78, 5) is -0.183. The first kappa shape index (κ1) is 21.7. The van der Waals surface area contributed by atoms with Crippen molar-refractivity contribution in [2.45, 2.75) is 35.7 Å². The van der Waals surface area contributed by atoms with E-state index in [0.717, 1.165) is 7.11 Å². The molecule has 0 aliphatic carbocycles. The molecule has 0 aliphatic rings. The van der Waals surface area contributed by atoms with Crippen molar-refractivity contribution in [3.8, 4) is 0 Å². The van der Waals surface area contributed by atoms with Gasteiger partial charge in [0.1, 0.15) is 6.79 Å². The topological polar surface area (TPSA) is 52.6 Å². The molecule has 1 aromatic rings. The highest BCUT2D eigenvalue weighted by Crippen LogP contribution is 2.48. The molecule has 25 heavy (non-hydrogen) atoms. The number of methoxy groups -OCH3 is 1. The molecule has 0 bridgehead atoms. The molecule has 0 saturated heterocycles. The highest BCUT2D eigenvalue weighted by molar-refractivity contribution is 7.91. The number of sulfone groups is 1. The molecule has 144 valence electrons. The number of halogens is 6. The van der Waals surface area contributed by atoms with Gasteiger partial charge in [-0.2, -0.15) is 26.3 Å². The van der Waals surface area contributed by atoms with Crippen LogP contribution < -0.4 is 0 Å². The largest absolute Gasteiger partial charge is 0.426 e. The quantitative estimate of drug-likeness (QED) is 0.498. The van der Waals surface area contributed by atoms with Crippen LogP contribution in [0.2, 0.25) is 0 Å². The first-order valence-electron chi connectivity index (χ1n) is 6.91. The highest BCUT2D eigenvalue weighted by atomic mass is 32.2. The number of alkyl halides is 6. The van der Waals surface area contributed by atoms with Crippen molar-refractivity contribution in [1.82, 2.24) is 0 Å². The molecule has 1 aromatic carbocycles. The third-order valence-corrected chi connectivity index (χ3v) is 5.20. The van der Waals surface area contributed by atoms with Crippen molar-refractivity contribution < 1.29 is 44.2 Å². The molecule has 0 unspecified atom stereocenters. The van der Waals surface area contributed by atoms with Gasteiger partial charge in [0.25, 0.3) is 5.60 Å². The van der Waals surface area contributed by atoms with Crippen molar-refractivity contribution in [3.05, 3.63) is 30.3 Å². The minimum absolute atomic E-state index is 0.183. The predicted molar refractivity (Wildman–Crippen MR) is 75.5 cm³/mol. The second-order valence-electron chi connectivity index (χ2n) is 5.11. The molecule has 0 N–H and O–H groups in total. The van der Waals surface area contributed by atoms with Crippen LogP contribution >= 0.6 is 0 Å². The molecule has 0 aromatic heterocycles. The van der Waals surface area contributed by atoms with Gasteiger partial charge in [0.2, 0.25) is 0 Å². The van der Waals surface area contributed by atoms with Crippen LogP contribution in [-0.2, 0) is 19.3 Å². The van der Waals surface area contributed by atoms with Gasteiger partial charge in [-0.1, -0.05) is 18.2 Å². The van der Waals surface area contributed by atoms with E-state index in [2.05, 4.69) is 9.47 Å². The van der Waals surface area contributed by atoms with E-state index in [1.54, 1.807) is 0 Å². The van der Waals surface area contributed by atoms with E-state index < -0.39 is 53.2 Å². The summed E-state index contributed by atoms with van der Waals surface area (Å²) in [5.41, 5.74) is -4.50. The molecule has 0 radical (unpaired) electrons. The van der Waals surface area contributed by atoms with Crippen LogP contribution in [0.4, 0.5) is 26.3 Å². The number of hydrogen-bond donors (Lipinski definition) is 0. The van der Waals surface area contributed by atoms with E-state index in [-0.39, 0.29) is 4.90 Å². The Morgan fingerprint density at radius 2 is 1.48 bits per heavy atom. The molecule has 0 spiro atoms. The lowest BCUT2D eigenvalue weighted by Crippen LogP contribution is -2.59. The van der Waals surface area contributed by atoms with Crippen LogP contribution in [0.1, 0.15) is 12.8 Å². The third kappa shape index (κ3) is 5.08. The number of hydrogen-bond acceptors (Lipinski definition) is 4. The lowest BCUT2D eigenvalue weighted by molar-refractivity contribution is -0.394. The minimum Gasteiger partial charge on any atom is -0.359 e. The monoisotopic (exact) mass is 394 g/mol. The summed E-state index contributed by atoms with van der Waals surface area (Å²) >= 11 is 0. The van der Waals surface area contributed by atoms with Crippen LogP contribution in [0.5, 0.6) is 0 Å². The van der Waals surface area contributed by atoms with Gasteiger partial charge in [0.05, 0.1) is 10.6 Å². The molecule has 0 fully saturated rings. The molecule has 0 saturated carbocycles.